The largest absolute Gasteiger partial charge is 0.469 e. The monoisotopic (exact) mass is 244 g/mol. The van der Waals surface area contributed by atoms with Crippen LogP contribution in [-0.4, -0.2) is 5.11 Å². The molecular weight excluding hydrogens is 224 g/mol. The zero-order chi connectivity index (χ0) is 12.8. The first-order valence-corrected chi connectivity index (χ1v) is 6.59. The normalized spacial score (nSPS) is 12.6. The van der Waals surface area contributed by atoms with E-state index >= 15 is 0 Å². The Labute approximate surface area is 108 Å². The smallest absolute Gasteiger partial charge is 0.103 e. The second-order valence-corrected chi connectivity index (χ2v) is 4.63. The maximum Gasteiger partial charge on any atom is 0.103 e. The summed E-state index contributed by atoms with van der Waals surface area (Å²) in [5.74, 6) is 0.929. The molecule has 0 spiro atoms. The molecule has 1 aromatic heterocycles. The van der Waals surface area contributed by atoms with E-state index in [1.54, 1.807) is 6.26 Å². The molecule has 0 amide bonds. The number of hydrogen-bond donors (Lipinski definition) is 1. The number of furan rings is 1. The molecule has 2 nitrogen and oxygen atoms in total. The third kappa shape index (κ3) is 3.47. The molecule has 1 N–H and O–H groups in total. The van der Waals surface area contributed by atoms with Crippen LogP contribution < -0.4 is 0 Å². The van der Waals surface area contributed by atoms with Crippen LogP contribution >= 0.6 is 0 Å². The van der Waals surface area contributed by atoms with Crippen molar-refractivity contribution >= 4 is 0 Å². The average Bonchev–Trinajstić information content (AvgIpc) is 2.90. The Kier molecular flexibility index (Phi) is 4.59. The molecule has 1 atom stereocenters. The maximum atomic E-state index is 10.2. The predicted octanol–water partition coefficient (Wildman–Crippen LogP) is 3.90. The minimum Gasteiger partial charge on any atom is -0.469 e. The van der Waals surface area contributed by atoms with Crippen LogP contribution in [0.2, 0.25) is 0 Å². The van der Waals surface area contributed by atoms with Crippen molar-refractivity contribution in [3.8, 4) is 0 Å². The number of aryl methyl sites for hydroxylation is 2. The van der Waals surface area contributed by atoms with Crippen molar-refractivity contribution in [2.24, 2.45) is 0 Å². The molecule has 1 heterocycles. The van der Waals surface area contributed by atoms with Crippen molar-refractivity contribution in [2.45, 2.75) is 38.7 Å². The van der Waals surface area contributed by atoms with E-state index in [1.165, 1.54) is 5.56 Å². The van der Waals surface area contributed by atoms with Gasteiger partial charge in [0.2, 0.25) is 0 Å². The molecular formula is C16H20O2. The number of rotatable bonds is 6. The van der Waals surface area contributed by atoms with Crippen molar-refractivity contribution in [2.75, 3.05) is 0 Å². The molecule has 0 radical (unpaired) electrons. The summed E-state index contributed by atoms with van der Waals surface area (Å²) in [5.41, 5.74) is 2.31. The summed E-state index contributed by atoms with van der Waals surface area (Å²) in [7, 11) is 0. The molecule has 0 fully saturated rings. The van der Waals surface area contributed by atoms with E-state index in [9.17, 15) is 5.11 Å². The van der Waals surface area contributed by atoms with Crippen LogP contribution in [0.4, 0.5) is 0 Å². The van der Waals surface area contributed by atoms with E-state index < -0.39 is 6.10 Å². The lowest BCUT2D eigenvalue weighted by molar-refractivity contribution is 0.165. The summed E-state index contributed by atoms with van der Waals surface area (Å²) < 4.78 is 5.27. The summed E-state index contributed by atoms with van der Waals surface area (Å²) in [6.45, 7) is 2.17. The van der Waals surface area contributed by atoms with E-state index in [0.29, 0.717) is 6.42 Å². The minimum absolute atomic E-state index is 0.410. The van der Waals surface area contributed by atoms with E-state index in [4.69, 9.17) is 4.42 Å². The standard InChI is InChI=1S/C16H20O2/c1-2-5-13-6-3-7-14(12-13)16(17)10-9-15-8-4-11-18-15/h3-4,6-8,11-12,16-17H,2,5,9-10H2,1H3. The van der Waals surface area contributed by atoms with Gasteiger partial charge in [0, 0.05) is 6.42 Å². The fourth-order valence-electron chi connectivity index (χ4n) is 2.15. The molecule has 2 heteroatoms. The molecule has 18 heavy (non-hydrogen) atoms. The fourth-order valence-corrected chi connectivity index (χ4v) is 2.15. The molecule has 2 aromatic rings. The SMILES string of the molecule is CCCc1cccc(C(O)CCc2ccco2)c1. The zero-order valence-electron chi connectivity index (χ0n) is 10.8. The molecule has 1 aromatic carbocycles. The Morgan fingerprint density at radius 3 is 2.78 bits per heavy atom. The third-order valence-electron chi connectivity index (χ3n) is 3.12. The Balaban J connectivity index is 1.95. The number of hydrogen-bond acceptors (Lipinski definition) is 2. The first-order valence-electron chi connectivity index (χ1n) is 6.59. The summed E-state index contributed by atoms with van der Waals surface area (Å²) in [5, 5.41) is 10.2. The van der Waals surface area contributed by atoms with Crippen LogP contribution in [0.1, 0.15) is 42.8 Å². The van der Waals surface area contributed by atoms with E-state index in [2.05, 4.69) is 19.1 Å². The summed E-state index contributed by atoms with van der Waals surface area (Å²) in [6, 6.07) is 12.1. The molecule has 0 saturated heterocycles. The van der Waals surface area contributed by atoms with Crippen LogP contribution in [0.15, 0.2) is 47.1 Å². The van der Waals surface area contributed by atoms with Gasteiger partial charge < -0.3 is 9.52 Å². The summed E-state index contributed by atoms with van der Waals surface area (Å²) in [6.07, 6.45) is 4.93. The average molecular weight is 244 g/mol. The zero-order valence-corrected chi connectivity index (χ0v) is 10.8. The highest BCUT2D eigenvalue weighted by Gasteiger charge is 2.09. The van der Waals surface area contributed by atoms with Crippen LogP contribution in [0.3, 0.4) is 0 Å². The topological polar surface area (TPSA) is 33.4 Å². The van der Waals surface area contributed by atoms with Crippen molar-refractivity contribution in [3.63, 3.8) is 0 Å². The van der Waals surface area contributed by atoms with E-state index in [-0.39, 0.29) is 0 Å². The van der Waals surface area contributed by atoms with Crippen LogP contribution in [0, 0.1) is 0 Å². The Morgan fingerprint density at radius 1 is 1.17 bits per heavy atom. The Hall–Kier alpha value is -1.54. The molecule has 2 rings (SSSR count). The van der Waals surface area contributed by atoms with Gasteiger partial charge in [0.25, 0.3) is 0 Å². The van der Waals surface area contributed by atoms with E-state index in [1.807, 2.05) is 24.3 Å². The molecule has 0 bridgehead atoms. The quantitative estimate of drug-likeness (QED) is 0.836. The summed E-state index contributed by atoms with van der Waals surface area (Å²) >= 11 is 0. The molecule has 0 saturated carbocycles. The van der Waals surface area contributed by atoms with Crippen molar-refractivity contribution in [1.29, 1.82) is 0 Å². The summed E-state index contributed by atoms with van der Waals surface area (Å²) in [4.78, 5) is 0. The number of aliphatic hydroxyl groups excluding tert-OH is 1. The first-order chi connectivity index (χ1) is 8.79. The van der Waals surface area contributed by atoms with Crippen LogP contribution in [-0.2, 0) is 12.8 Å². The van der Waals surface area contributed by atoms with Gasteiger partial charge in [0.15, 0.2) is 0 Å². The van der Waals surface area contributed by atoms with Gasteiger partial charge in [-0.1, -0.05) is 37.6 Å². The van der Waals surface area contributed by atoms with Crippen molar-refractivity contribution in [1.82, 2.24) is 0 Å². The lowest BCUT2D eigenvalue weighted by Gasteiger charge is -2.11. The second kappa shape index (κ2) is 6.41. The van der Waals surface area contributed by atoms with Gasteiger partial charge in [-0.05, 0) is 36.1 Å². The minimum atomic E-state index is -0.410. The van der Waals surface area contributed by atoms with Crippen molar-refractivity contribution < 1.29 is 9.52 Å². The molecule has 0 aliphatic carbocycles. The third-order valence-corrected chi connectivity index (χ3v) is 3.12. The lowest BCUT2D eigenvalue weighted by Crippen LogP contribution is -2.00. The number of aliphatic hydroxyl groups is 1. The van der Waals surface area contributed by atoms with E-state index in [0.717, 1.165) is 30.6 Å². The van der Waals surface area contributed by atoms with Gasteiger partial charge in [-0.25, -0.2) is 0 Å². The van der Waals surface area contributed by atoms with Gasteiger partial charge in [-0.3, -0.25) is 0 Å². The maximum absolute atomic E-state index is 10.2. The van der Waals surface area contributed by atoms with Gasteiger partial charge >= 0.3 is 0 Å². The molecule has 0 aliphatic rings. The van der Waals surface area contributed by atoms with Gasteiger partial charge in [0.1, 0.15) is 5.76 Å². The lowest BCUT2D eigenvalue weighted by atomic mass is 10.0. The predicted molar refractivity (Wildman–Crippen MR) is 72.4 cm³/mol. The highest BCUT2D eigenvalue weighted by molar-refractivity contribution is 5.25. The van der Waals surface area contributed by atoms with Crippen molar-refractivity contribution in [3.05, 3.63) is 59.5 Å². The first kappa shape index (κ1) is 12.9. The van der Waals surface area contributed by atoms with Crippen LogP contribution in [0.25, 0.3) is 0 Å². The molecule has 1 unspecified atom stereocenters. The highest BCUT2D eigenvalue weighted by Crippen LogP contribution is 2.20. The Morgan fingerprint density at radius 2 is 2.06 bits per heavy atom. The van der Waals surface area contributed by atoms with Gasteiger partial charge in [0.05, 0.1) is 12.4 Å². The highest BCUT2D eigenvalue weighted by atomic mass is 16.3. The molecule has 0 aliphatic heterocycles. The van der Waals surface area contributed by atoms with Crippen LogP contribution in [0.5, 0.6) is 0 Å². The Bertz CT molecular complexity index is 460. The van der Waals surface area contributed by atoms with Gasteiger partial charge in [-0.2, -0.15) is 0 Å². The van der Waals surface area contributed by atoms with Gasteiger partial charge in [-0.15, -0.1) is 0 Å². The fraction of sp³-hybridized carbons (Fsp3) is 0.375. The molecule has 96 valence electrons. The number of benzene rings is 1. The second-order valence-electron chi connectivity index (χ2n) is 4.63.